The van der Waals surface area contributed by atoms with Gasteiger partial charge < -0.3 is 0 Å². The van der Waals surface area contributed by atoms with Gasteiger partial charge in [0.1, 0.15) is 0 Å². The molecule has 3 nitrogen and oxygen atoms in total. The second kappa shape index (κ2) is 8.98. The van der Waals surface area contributed by atoms with Crippen molar-refractivity contribution in [3.63, 3.8) is 0 Å². The van der Waals surface area contributed by atoms with Crippen LogP contribution in [0, 0.1) is 0 Å². The van der Waals surface area contributed by atoms with Crippen molar-refractivity contribution < 1.29 is 4.79 Å². The van der Waals surface area contributed by atoms with Crippen molar-refractivity contribution in [3.8, 4) is 0 Å². The molecule has 4 heteroatoms. The van der Waals surface area contributed by atoms with Gasteiger partial charge in [0.15, 0.2) is 0 Å². The van der Waals surface area contributed by atoms with Gasteiger partial charge in [0, 0.05) is 4.90 Å². The summed E-state index contributed by atoms with van der Waals surface area (Å²) in [5.74, 6) is 0.308. The predicted octanol–water partition coefficient (Wildman–Crippen LogP) is 5.95. The van der Waals surface area contributed by atoms with E-state index in [2.05, 4.69) is 50.5 Å². The van der Waals surface area contributed by atoms with Gasteiger partial charge in [-0.05, 0) is 47.4 Å². The highest BCUT2D eigenvalue weighted by molar-refractivity contribution is 8.00. The molecule has 0 bridgehead atoms. The Kier molecular flexibility index (Phi) is 6.42. The molecule has 0 aliphatic heterocycles. The number of hydrogen-bond acceptors (Lipinski definition) is 3. The Balaban J connectivity index is 1.66. The molecule has 0 radical (unpaired) electrons. The lowest BCUT2D eigenvalue weighted by atomic mass is 9.87. The van der Waals surface area contributed by atoms with Crippen LogP contribution in [-0.4, -0.2) is 11.7 Å². The summed E-state index contributed by atoms with van der Waals surface area (Å²) in [5.41, 5.74) is 6.29. The number of hydrazine groups is 1. The van der Waals surface area contributed by atoms with Crippen molar-refractivity contribution in [2.75, 3.05) is 10.8 Å². The number of carbonyl (C=O) groups is 1. The van der Waals surface area contributed by atoms with E-state index in [0.29, 0.717) is 5.75 Å². The summed E-state index contributed by atoms with van der Waals surface area (Å²) in [4.78, 5) is 13.7. The van der Waals surface area contributed by atoms with E-state index in [0.717, 1.165) is 16.3 Å². The summed E-state index contributed by atoms with van der Waals surface area (Å²) >= 11 is 1.54. The Morgan fingerprint density at radius 3 is 1.79 bits per heavy atom. The third-order valence-electron chi connectivity index (χ3n) is 4.36. The largest absolute Gasteiger partial charge is 0.272 e. The van der Waals surface area contributed by atoms with E-state index in [1.165, 1.54) is 5.56 Å². The first kappa shape index (κ1) is 20.0. The molecular formula is C24H26N2OS. The molecule has 0 spiro atoms. The second-order valence-corrected chi connectivity index (χ2v) is 8.65. The van der Waals surface area contributed by atoms with E-state index >= 15 is 0 Å². The van der Waals surface area contributed by atoms with Crippen molar-refractivity contribution in [1.82, 2.24) is 5.43 Å². The van der Waals surface area contributed by atoms with Crippen LogP contribution in [0.3, 0.4) is 0 Å². The summed E-state index contributed by atoms with van der Waals surface area (Å²) in [7, 11) is 0. The number of hydrogen-bond donors (Lipinski definition) is 1. The Morgan fingerprint density at radius 1 is 0.821 bits per heavy atom. The van der Waals surface area contributed by atoms with E-state index in [1.54, 1.807) is 11.8 Å². The Hall–Kier alpha value is -2.72. The maximum atomic E-state index is 12.6. The van der Waals surface area contributed by atoms with Crippen LogP contribution in [0.4, 0.5) is 11.4 Å². The molecule has 0 aromatic heterocycles. The molecule has 0 saturated carbocycles. The monoisotopic (exact) mass is 390 g/mol. The second-order valence-electron chi connectivity index (χ2n) is 7.60. The van der Waals surface area contributed by atoms with Crippen LogP contribution in [0.1, 0.15) is 26.3 Å². The Bertz CT molecular complexity index is 848. The molecule has 3 rings (SSSR count). The first-order chi connectivity index (χ1) is 13.4. The quantitative estimate of drug-likeness (QED) is 0.417. The molecular weight excluding hydrogens is 364 g/mol. The molecule has 28 heavy (non-hydrogen) atoms. The zero-order valence-electron chi connectivity index (χ0n) is 16.6. The minimum atomic E-state index is -0.0439. The molecule has 0 fully saturated rings. The lowest BCUT2D eigenvalue weighted by Gasteiger charge is -2.25. The van der Waals surface area contributed by atoms with E-state index in [1.807, 2.05) is 65.7 Å². The highest BCUT2D eigenvalue weighted by Crippen LogP contribution is 2.26. The van der Waals surface area contributed by atoms with E-state index < -0.39 is 0 Å². The number of nitrogens with zero attached hydrogens (tertiary/aromatic N) is 1. The number of thioether (sulfide) groups is 1. The van der Waals surface area contributed by atoms with Crippen LogP contribution in [0.15, 0.2) is 89.8 Å². The molecule has 3 aromatic rings. The number of anilines is 2. The summed E-state index contributed by atoms with van der Waals surface area (Å²) < 4.78 is 0. The zero-order chi connectivity index (χ0) is 20.0. The van der Waals surface area contributed by atoms with Gasteiger partial charge in [-0.25, -0.2) is 0 Å². The predicted molar refractivity (Wildman–Crippen MR) is 119 cm³/mol. The van der Waals surface area contributed by atoms with E-state index in [4.69, 9.17) is 0 Å². The zero-order valence-corrected chi connectivity index (χ0v) is 17.4. The maximum absolute atomic E-state index is 12.6. The van der Waals surface area contributed by atoms with Gasteiger partial charge in [-0.1, -0.05) is 69.3 Å². The summed E-state index contributed by atoms with van der Waals surface area (Å²) in [5, 5.41) is 1.82. The molecule has 1 amide bonds. The van der Waals surface area contributed by atoms with Crippen molar-refractivity contribution >= 4 is 29.0 Å². The van der Waals surface area contributed by atoms with Crippen molar-refractivity contribution in [1.29, 1.82) is 0 Å². The van der Waals surface area contributed by atoms with Crippen LogP contribution in [-0.2, 0) is 10.2 Å². The number of rotatable bonds is 6. The third kappa shape index (κ3) is 5.40. The Morgan fingerprint density at radius 2 is 1.32 bits per heavy atom. The first-order valence-electron chi connectivity index (χ1n) is 9.36. The minimum absolute atomic E-state index is 0.0439. The van der Waals surface area contributed by atoms with Gasteiger partial charge in [-0.3, -0.25) is 15.2 Å². The van der Waals surface area contributed by atoms with Crippen LogP contribution >= 0.6 is 11.8 Å². The number of benzene rings is 3. The number of amides is 1. The van der Waals surface area contributed by atoms with E-state index in [-0.39, 0.29) is 11.3 Å². The first-order valence-corrected chi connectivity index (χ1v) is 10.3. The van der Waals surface area contributed by atoms with Gasteiger partial charge in [0.2, 0.25) is 5.91 Å². The van der Waals surface area contributed by atoms with Gasteiger partial charge in [0.05, 0.1) is 17.1 Å². The van der Waals surface area contributed by atoms with Gasteiger partial charge >= 0.3 is 0 Å². The lowest BCUT2D eigenvalue weighted by Crippen LogP contribution is -2.39. The number of nitrogens with one attached hydrogen (secondary N) is 1. The minimum Gasteiger partial charge on any atom is -0.272 e. The molecule has 0 unspecified atom stereocenters. The standard InChI is InChI=1S/C24H26N2OS/c1-24(2,3)19-14-16-22(17-15-19)28-18-23(27)25-26(20-10-6-4-7-11-20)21-12-8-5-9-13-21/h4-17H,18H2,1-3H3,(H,25,27). The van der Waals surface area contributed by atoms with Crippen molar-refractivity contribution in [3.05, 3.63) is 90.5 Å². The maximum Gasteiger partial charge on any atom is 0.249 e. The molecule has 0 aliphatic rings. The fourth-order valence-electron chi connectivity index (χ4n) is 2.79. The third-order valence-corrected chi connectivity index (χ3v) is 5.37. The van der Waals surface area contributed by atoms with Crippen LogP contribution in [0.5, 0.6) is 0 Å². The average Bonchev–Trinajstić information content (AvgIpc) is 2.71. The topological polar surface area (TPSA) is 32.3 Å². The van der Waals surface area contributed by atoms with Crippen molar-refractivity contribution in [2.24, 2.45) is 0 Å². The summed E-state index contributed by atoms with van der Waals surface area (Å²) in [6, 6.07) is 28.1. The normalized spacial score (nSPS) is 11.1. The fourth-order valence-corrected chi connectivity index (χ4v) is 3.48. The molecule has 0 aliphatic carbocycles. The molecule has 0 atom stereocenters. The molecule has 0 saturated heterocycles. The summed E-state index contributed by atoms with van der Waals surface area (Å²) in [6.07, 6.45) is 0. The molecule has 3 aromatic carbocycles. The van der Waals surface area contributed by atoms with Gasteiger partial charge in [0.25, 0.3) is 0 Å². The van der Waals surface area contributed by atoms with Crippen LogP contribution in [0.25, 0.3) is 0 Å². The molecule has 1 N–H and O–H groups in total. The molecule has 0 heterocycles. The highest BCUT2D eigenvalue weighted by atomic mass is 32.2. The summed E-state index contributed by atoms with van der Waals surface area (Å²) in [6.45, 7) is 6.60. The number of carbonyl (C=O) groups excluding carboxylic acids is 1. The number of para-hydroxylation sites is 2. The fraction of sp³-hybridized carbons (Fsp3) is 0.208. The smallest absolute Gasteiger partial charge is 0.249 e. The average molecular weight is 391 g/mol. The molecule has 144 valence electrons. The SMILES string of the molecule is CC(C)(C)c1ccc(SCC(=O)NN(c2ccccc2)c2ccccc2)cc1. The van der Waals surface area contributed by atoms with Crippen LogP contribution in [0.2, 0.25) is 0 Å². The van der Waals surface area contributed by atoms with Crippen molar-refractivity contribution in [2.45, 2.75) is 31.1 Å². The van der Waals surface area contributed by atoms with Gasteiger partial charge in [-0.2, -0.15) is 0 Å². The van der Waals surface area contributed by atoms with E-state index in [9.17, 15) is 4.79 Å². The lowest BCUT2D eigenvalue weighted by molar-refractivity contribution is -0.118. The Labute approximate surface area is 171 Å². The van der Waals surface area contributed by atoms with Crippen LogP contribution < -0.4 is 10.4 Å². The van der Waals surface area contributed by atoms with Gasteiger partial charge in [-0.15, -0.1) is 11.8 Å². The highest BCUT2D eigenvalue weighted by Gasteiger charge is 2.14.